The van der Waals surface area contributed by atoms with Gasteiger partial charge in [0, 0.05) is 31.9 Å². The van der Waals surface area contributed by atoms with Crippen LogP contribution in [0.2, 0.25) is 0 Å². The van der Waals surface area contributed by atoms with Crippen molar-refractivity contribution in [1.29, 1.82) is 0 Å². The first-order valence-electron chi connectivity index (χ1n) is 6.65. The number of benzene rings is 1. The summed E-state index contributed by atoms with van der Waals surface area (Å²) in [7, 11) is 5.51. The summed E-state index contributed by atoms with van der Waals surface area (Å²) in [4.78, 5) is 0. The molecule has 20 heavy (non-hydrogen) atoms. The number of methoxy groups -OCH3 is 1. The number of ether oxygens (including phenoxy) is 2. The summed E-state index contributed by atoms with van der Waals surface area (Å²) in [5, 5.41) is 7.25. The number of aromatic nitrogens is 2. The molecule has 1 heterocycles. The molecule has 0 spiro atoms. The zero-order valence-electron chi connectivity index (χ0n) is 12.2. The van der Waals surface area contributed by atoms with Crippen molar-refractivity contribution >= 4 is 0 Å². The van der Waals surface area contributed by atoms with Gasteiger partial charge in [0.05, 0.1) is 13.7 Å². The molecule has 108 valence electrons. The number of hydrogen-bond donors (Lipinski definition) is 1. The van der Waals surface area contributed by atoms with Crippen molar-refractivity contribution in [2.45, 2.75) is 13.0 Å². The molecule has 0 bridgehead atoms. The molecule has 0 amide bonds. The highest BCUT2D eigenvalue weighted by atomic mass is 16.5. The molecular formula is C15H21N3O2. The van der Waals surface area contributed by atoms with Crippen molar-refractivity contribution in [3.63, 3.8) is 0 Å². The van der Waals surface area contributed by atoms with Crippen LogP contribution in [0.15, 0.2) is 30.5 Å². The fourth-order valence-electron chi connectivity index (χ4n) is 2.06. The highest BCUT2D eigenvalue weighted by Gasteiger charge is 2.06. The maximum atomic E-state index is 5.80. The lowest BCUT2D eigenvalue weighted by molar-refractivity contribution is 0.295. The Bertz CT molecular complexity index is 552. The highest BCUT2D eigenvalue weighted by Crippen LogP contribution is 2.28. The minimum absolute atomic E-state index is 0.598. The third-order valence-electron chi connectivity index (χ3n) is 3.15. The van der Waals surface area contributed by atoms with Gasteiger partial charge < -0.3 is 14.8 Å². The summed E-state index contributed by atoms with van der Waals surface area (Å²) in [5.41, 5.74) is 2.32. The van der Waals surface area contributed by atoms with E-state index in [4.69, 9.17) is 9.47 Å². The summed E-state index contributed by atoms with van der Waals surface area (Å²) in [5.74, 6) is 1.54. The van der Waals surface area contributed by atoms with Crippen LogP contribution >= 0.6 is 0 Å². The second kappa shape index (κ2) is 6.96. The predicted molar refractivity (Wildman–Crippen MR) is 78.2 cm³/mol. The highest BCUT2D eigenvalue weighted by molar-refractivity contribution is 5.42. The Kier molecular flexibility index (Phi) is 5.01. The van der Waals surface area contributed by atoms with E-state index in [-0.39, 0.29) is 0 Å². The molecule has 5 heteroatoms. The SMILES string of the molecule is CNCc1ccc(OCCc2ccnn2C)c(OC)c1. The molecule has 0 radical (unpaired) electrons. The van der Waals surface area contributed by atoms with Crippen molar-refractivity contribution < 1.29 is 9.47 Å². The minimum Gasteiger partial charge on any atom is -0.493 e. The van der Waals surface area contributed by atoms with Gasteiger partial charge in [0.25, 0.3) is 0 Å². The van der Waals surface area contributed by atoms with Crippen molar-refractivity contribution in [3.05, 3.63) is 41.7 Å². The fourth-order valence-corrected chi connectivity index (χ4v) is 2.06. The van der Waals surface area contributed by atoms with Crippen LogP contribution in [0.1, 0.15) is 11.3 Å². The lowest BCUT2D eigenvalue weighted by Gasteiger charge is -2.12. The second-order valence-electron chi connectivity index (χ2n) is 4.56. The summed E-state index contributed by atoms with van der Waals surface area (Å²) in [6.45, 7) is 1.41. The lowest BCUT2D eigenvalue weighted by atomic mass is 10.2. The van der Waals surface area contributed by atoms with E-state index >= 15 is 0 Å². The van der Waals surface area contributed by atoms with E-state index in [0.717, 1.165) is 30.2 Å². The quantitative estimate of drug-likeness (QED) is 0.836. The van der Waals surface area contributed by atoms with E-state index in [1.54, 1.807) is 13.3 Å². The lowest BCUT2D eigenvalue weighted by Crippen LogP contribution is -2.08. The molecule has 1 aromatic heterocycles. The molecule has 0 unspecified atom stereocenters. The number of nitrogens with zero attached hydrogens (tertiary/aromatic N) is 2. The van der Waals surface area contributed by atoms with Gasteiger partial charge in [-0.2, -0.15) is 5.10 Å². The van der Waals surface area contributed by atoms with Crippen molar-refractivity contribution in [2.75, 3.05) is 20.8 Å². The van der Waals surface area contributed by atoms with E-state index in [0.29, 0.717) is 6.61 Å². The minimum atomic E-state index is 0.598. The largest absolute Gasteiger partial charge is 0.493 e. The molecule has 0 fully saturated rings. The maximum absolute atomic E-state index is 5.80. The van der Waals surface area contributed by atoms with Gasteiger partial charge >= 0.3 is 0 Å². The second-order valence-corrected chi connectivity index (χ2v) is 4.56. The first kappa shape index (κ1) is 14.4. The zero-order valence-corrected chi connectivity index (χ0v) is 12.2. The van der Waals surface area contributed by atoms with E-state index in [1.165, 1.54) is 5.56 Å². The van der Waals surface area contributed by atoms with Gasteiger partial charge in [-0.15, -0.1) is 0 Å². The molecule has 1 N–H and O–H groups in total. The molecule has 0 aliphatic rings. The average Bonchev–Trinajstić information content (AvgIpc) is 2.86. The third kappa shape index (κ3) is 3.51. The van der Waals surface area contributed by atoms with Gasteiger partial charge in [-0.1, -0.05) is 6.07 Å². The monoisotopic (exact) mass is 275 g/mol. The van der Waals surface area contributed by atoms with E-state index in [1.807, 2.05) is 43.0 Å². The number of rotatable bonds is 7. The van der Waals surface area contributed by atoms with Gasteiger partial charge in [-0.3, -0.25) is 4.68 Å². The third-order valence-corrected chi connectivity index (χ3v) is 3.15. The van der Waals surface area contributed by atoms with E-state index < -0.39 is 0 Å². The fraction of sp³-hybridized carbons (Fsp3) is 0.400. The molecule has 0 saturated heterocycles. The van der Waals surface area contributed by atoms with Gasteiger partial charge in [0.1, 0.15) is 0 Å². The first-order chi connectivity index (χ1) is 9.74. The Labute approximate surface area is 119 Å². The molecular weight excluding hydrogens is 254 g/mol. The Hall–Kier alpha value is -2.01. The van der Waals surface area contributed by atoms with Crippen LogP contribution in [-0.4, -0.2) is 30.5 Å². The Morgan fingerprint density at radius 1 is 1.25 bits per heavy atom. The molecule has 0 aliphatic carbocycles. The number of nitrogens with one attached hydrogen (secondary N) is 1. The maximum Gasteiger partial charge on any atom is 0.161 e. The van der Waals surface area contributed by atoms with Crippen LogP contribution < -0.4 is 14.8 Å². The van der Waals surface area contributed by atoms with Crippen molar-refractivity contribution in [1.82, 2.24) is 15.1 Å². The molecule has 0 aliphatic heterocycles. The summed E-state index contributed by atoms with van der Waals surface area (Å²) >= 11 is 0. The van der Waals surface area contributed by atoms with Gasteiger partial charge in [-0.05, 0) is 30.8 Å². The summed E-state index contributed by atoms with van der Waals surface area (Å²) < 4.78 is 13.0. The van der Waals surface area contributed by atoms with Crippen LogP contribution in [-0.2, 0) is 20.0 Å². The van der Waals surface area contributed by atoms with Gasteiger partial charge in [-0.25, -0.2) is 0 Å². The van der Waals surface area contributed by atoms with Crippen LogP contribution in [0.25, 0.3) is 0 Å². The Morgan fingerprint density at radius 3 is 2.75 bits per heavy atom. The van der Waals surface area contributed by atoms with Crippen LogP contribution in [0, 0.1) is 0 Å². The molecule has 2 aromatic rings. The smallest absolute Gasteiger partial charge is 0.161 e. The number of hydrogen-bond acceptors (Lipinski definition) is 4. The predicted octanol–water partition coefficient (Wildman–Crippen LogP) is 1.77. The van der Waals surface area contributed by atoms with Gasteiger partial charge in [0.15, 0.2) is 11.5 Å². The van der Waals surface area contributed by atoms with Crippen LogP contribution in [0.4, 0.5) is 0 Å². The normalized spacial score (nSPS) is 10.6. The van der Waals surface area contributed by atoms with E-state index in [2.05, 4.69) is 10.4 Å². The first-order valence-corrected chi connectivity index (χ1v) is 6.65. The topological polar surface area (TPSA) is 48.3 Å². The molecule has 1 aromatic carbocycles. The summed E-state index contributed by atoms with van der Waals surface area (Å²) in [6.07, 6.45) is 2.61. The van der Waals surface area contributed by atoms with Gasteiger partial charge in [0.2, 0.25) is 0 Å². The Balaban J connectivity index is 1.96. The van der Waals surface area contributed by atoms with Crippen molar-refractivity contribution in [3.8, 4) is 11.5 Å². The zero-order chi connectivity index (χ0) is 14.4. The standard InChI is InChI=1S/C15H21N3O2/c1-16-11-12-4-5-14(15(10-12)19-3)20-9-7-13-6-8-17-18(13)2/h4-6,8,10,16H,7,9,11H2,1-3H3. The van der Waals surface area contributed by atoms with Crippen LogP contribution in [0.5, 0.6) is 11.5 Å². The van der Waals surface area contributed by atoms with Crippen LogP contribution in [0.3, 0.4) is 0 Å². The molecule has 0 atom stereocenters. The molecule has 2 rings (SSSR count). The number of aryl methyl sites for hydroxylation is 1. The van der Waals surface area contributed by atoms with E-state index in [9.17, 15) is 0 Å². The molecule has 5 nitrogen and oxygen atoms in total. The average molecular weight is 275 g/mol. The molecule has 0 saturated carbocycles. The Morgan fingerprint density at radius 2 is 2.10 bits per heavy atom. The summed E-state index contributed by atoms with van der Waals surface area (Å²) in [6, 6.07) is 7.99. The van der Waals surface area contributed by atoms with Crippen molar-refractivity contribution in [2.24, 2.45) is 7.05 Å².